The molecule has 2 nitrogen and oxygen atoms in total. The quantitative estimate of drug-likeness (QED) is 0.846. The van der Waals surface area contributed by atoms with E-state index in [9.17, 15) is 0 Å². The average Bonchev–Trinajstić information content (AvgIpc) is 2.89. The van der Waals surface area contributed by atoms with Crippen LogP contribution < -0.4 is 4.90 Å². The van der Waals surface area contributed by atoms with Crippen molar-refractivity contribution in [1.29, 1.82) is 0 Å². The van der Waals surface area contributed by atoms with Crippen LogP contribution in [-0.2, 0) is 6.61 Å². The lowest BCUT2D eigenvalue weighted by Crippen LogP contribution is -2.21. The van der Waals surface area contributed by atoms with E-state index in [0.717, 1.165) is 17.4 Å². The first-order valence-electron chi connectivity index (χ1n) is 6.73. The maximum Gasteiger partial charge on any atom is 0.0681 e. The highest BCUT2D eigenvalue weighted by Crippen LogP contribution is 2.40. The Hall–Kier alpha value is -1.02. The smallest absolute Gasteiger partial charge is 0.0681 e. The molecule has 1 saturated carbocycles. The Morgan fingerprint density at radius 3 is 2.53 bits per heavy atom. The zero-order valence-electron chi connectivity index (χ0n) is 10.5. The van der Waals surface area contributed by atoms with Crippen molar-refractivity contribution in [2.75, 3.05) is 18.0 Å². The Morgan fingerprint density at radius 2 is 1.94 bits per heavy atom. The van der Waals surface area contributed by atoms with E-state index >= 15 is 0 Å². The van der Waals surface area contributed by atoms with E-state index in [2.05, 4.69) is 30.0 Å². The van der Waals surface area contributed by atoms with E-state index in [0.29, 0.717) is 0 Å². The van der Waals surface area contributed by atoms with Gasteiger partial charge in [-0.05, 0) is 48.8 Å². The van der Waals surface area contributed by atoms with Crippen molar-refractivity contribution in [3.05, 3.63) is 29.3 Å². The van der Waals surface area contributed by atoms with Crippen LogP contribution in [0.15, 0.2) is 18.2 Å². The number of aliphatic hydroxyl groups excluding tert-OH is 1. The summed E-state index contributed by atoms with van der Waals surface area (Å²) < 4.78 is 0. The number of benzene rings is 1. The first-order chi connectivity index (χ1) is 8.28. The molecule has 0 radical (unpaired) electrons. The Balaban J connectivity index is 1.81. The van der Waals surface area contributed by atoms with Gasteiger partial charge in [-0.15, -0.1) is 0 Å². The van der Waals surface area contributed by atoms with Gasteiger partial charge in [0.2, 0.25) is 0 Å². The number of nitrogens with zero attached hydrogens (tertiary/aromatic N) is 1. The minimum atomic E-state index is 0.145. The predicted molar refractivity (Wildman–Crippen MR) is 70.1 cm³/mol. The summed E-state index contributed by atoms with van der Waals surface area (Å²) in [5, 5.41) is 9.14. The second kappa shape index (κ2) is 4.34. The van der Waals surface area contributed by atoms with Crippen molar-refractivity contribution in [3.63, 3.8) is 0 Å². The molecule has 0 amide bonds. The van der Waals surface area contributed by atoms with Gasteiger partial charge in [-0.25, -0.2) is 0 Å². The maximum absolute atomic E-state index is 9.14. The Morgan fingerprint density at radius 1 is 1.24 bits per heavy atom. The van der Waals surface area contributed by atoms with Crippen LogP contribution in [0.2, 0.25) is 0 Å². The van der Waals surface area contributed by atoms with Crippen LogP contribution in [0.3, 0.4) is 0 Å². The molecule has 0 bridgehead atoms. The predicted octanol–water partition coefficient (Wildman–Crippen LogP) is 2.72. The molecule has 1 saturated heterocycles. The normalized spacial score (nSPS) is 27.5. The van der Waals surface area contributed by atoms with Crippen LogP contribution >= 0.6 is 0 Å². The number of hydrogen-bond donors (Lipinski definition) is 1. The van der Waals surface area contributed by atoms with Gasteiger partial charge in [-0.2, -0.15) is 0 Å². The summed E-state index contributed by atoms with van der Waals surface area (Å²) in [6, 6.07) is 6.35. The first-order valence-corrected chi connectivity index (χ1v) is 6.73. The fraction of sp³-hybridized carbons (Fsp3) is 0.600. The molecule has 0 aromatic heterocycles. The molecule has 1 aromatic carbocycles. The fourth-order valence-electron chi connectivity index (χ4n) is 3.60. The summed E-state index contributed by atoms with van der Waals surface area (Å²) in [6.07, 6.45) is 4.29. The van der Waals surface area contributed by atoms with Crippen LogP contribution in [0.5, 0.6) is 0 Å². The van der Waals surface area contributed by atoms with Gasteiger partial charge in [-0.1, -0.05) is 18.6 Å². The van der Waals surface area contributed by atoms with Gasteiger partial charge in [-0.3, -0.25) is 0 Å². The molecule has 2 atom stereocenters. The molecule has 17 heavy (non-hydrogen) atoms. The Labute approximate surface area is 103 Å². The molecule has 2 aliphatic rings. The van der Waals surface area contributed by atoms with Crippen molar-refractivity contribution >= 4 is 5.69 Å². The lowest BCUT2D eigenvalue weighted by molar-refractivity contribution is 0.282. The Bertz CT molecular complexity index is 403. The van der Waals surface area contributed by atoms with Gasteiger partial charge in [0.15, 0.2) is 0 Å². The molecule has 3 rings (SSSR count). The van der Waals surface area contributed by atoms with Gasteiger partial charge < -0.3 is 10.0 Å². The lowest BCUT2D eigenvalue weighted by Gasteiger charge is -2.22. The zero-order valence-corrected chi connectivity index (χ0v) is 10.5. The second-order valence-corrected chi connectivity index (χ2v) is 5.63. The number of anilines is 1. The Kier molecular flexibility index (Phi) is 2.83. The second-order valence-electron chi connectivity index (χ2n) is 5.63. The topological polar surface area (TPSA) is 23.5 Å². The zero-order chi connectivity index (χ0) is 11.8. The summed E-state index contributed by atoms with van der Waals surface area (Å²) in [5.41, 5.74) is 3.69. The molecule has 2 fully saturated rings. The number of hydrogen-bond acceptors (Lipinski definition) is 2. The van der Waals surface area contributed by atoms with E-state index in [1.165, 1.54) is 43.6 Å². The molecule has 1 N–H and O–H groups in total. The van der Waals surface area contributed by atoms with Gasteiger partial charge in [0.05, 0.1) is 6.61 Å². The lowest BCUT2D eigenvalue weighted by atomic mass is 10.0. The first kappa shape index (κ1) is 11.1. The molecule has 2 unspecified atom stereocenters. The van der Waals surface area contributed by atoms with Crippen molar-refractivity contribution in [2.24, 2.45) is 11.8 Å². The molecule has 1 aliphatic heterocycles. The average molecular weight is 231 g/mol. The third-order valence-corrected chi connectivity index (χ3v) is 4.51. The third kappa shape index (κ3) is 1.95. The monoisotopic (exact) mass is 231 g/mol. The van der Waals surface area contributed by atoms with Crippen molar-refractivity contribution < 1.29 is 5.11 Å². The highest BCUT2D eigenvalue weighted by molar-refractivity contribution is 5.55. The van der Waals surface area contributed by atoms with Gasteiger partial charge in [0.1, 0.15) is 0 Å². The van der Waals surface area contributed by atoms with Gasteiger partial charge in [0, 0.05) is 18.8 Å². The van der Waals surface area contributed by atoms with E-state index < -0.39 is 0 Å². The highest BCUT2D eigenvalue weighted by Gasteiger charge is 2.36. The third-order valence-electron chi connectivity index (χ3n) is 4.51. The minimum Gasteiger partial charge on any atom is -0.392 e. The molecule has 1 aromatic rings. The van der Waals surface area contributed by atoms with Crippen LogP contribution in [0, 0.1) is 18.8 Å². The number of rotatable bonds is 2. The van der Waals surface area contributed by atoms with Crippen molar-refractivity contribution in [3.8, 4) is 0 Å². The molecule has 92 valence electrons. The number of fused-ring (bicyclic) bond motifs is 1. The molecule has 2 heteroatoms. The highest BCUT2D eigenvalue weighted by atomic mass is 16.3. The van der Waals surface area contributed by atoms with E-state index in [1.807, 2.05) is 0 Å². The molecule has 1 heterocycles. The molecular weight excluding hydrogens is 210 g/mol. The molecular formula is C15H21NO. The van der Waals surface area contributed by atoms with Crippen LogP contribution in [0.4, 0.5) is 5.69 Å². The SMILES string of the molecule is Cc1cc(CO)ccc1N1CC2CCCC2C1. The van der Waals surface area contributed by atoms with E-state index in [4.69, 9.17) is 5.11 Å². The minimum absolute atomic E-state index is 0.145. The molecule has 0 spiro atoms. The summed E-state index contributed by atoms with van der Waals surface area (Å²) >= 11 is 0. The largest absolute Gasteiger partial charge is 0.392 e. The van der Waals surface area contributed by atoms with Crippen molar-refractivity contribution in [1.82, 2.24) is 0 Å². The van der Waals surface area contributed by atoms with E-state index in [-0.39, 0.29) is 6.61 Å². The summed E-state index contributed by atoms with van der Waals surface area (Å²) in [6.45, 7) is 4.78. The standard InChI is InChI=1S/C15H21NO/c1-11-7-12(10-17)5-6-15(11)16-8-13-3-2-4-14(13)9-16/h5-7,13-14,17H,2-4,8-10H2,1H3. The number of aryl methyl sites for hydroxylation is 1. The molecule has 1 aliphatic carbocycles. The summed E-state index contributed by atoms with van der Waals surface area (Å²) in [7, 11) is 0. The van der Waals surface area contributed by atoms with Crippen LogP contribution in [0.1, 0.15) is 30.4 Å². The van der Waals surface area contributed by atoms with Crippen LogP contribution in [0.25, 0.3) is 0 Å². The van der Waals surface area contributed by atoms with Gasteiger partial charge >= 0.3 is 0 Å². The summed E-state index contributed by atoms with van der Waals surface area (Å²) in [4.78, 5) is 2.55. The van der Waals surface area contributed by atoms with Gasteiger partial charge in [0.25, 0.3) is 0 Å². The number of aliphatic hydroxyl groups is 1. The fourth-order valence-corrected chi connectivity index (χ4v) is 3.60. The maximum atomic E-state index is 9.14. The van der Waals surface area contributed by atoms with Crippen LogP contribution in [-0.4, -0.2) is 18.2 Å². The summed E-state index contributed by atoms with van der Waals surface area (Å²) in [5.74, 6) is 1.87. The van der Waals surface area contributed by atoms with Crippen molar-refractivity contribution in [2.45, 2.75) is 32.8 Å². The van der Waals surface area contributed by atoms with E-state index in [1.54, 1.807) is 0 Å².